The van der Waals surface area contributed by atoms with Gasteiger partial charge in [-0.05, 0) is 18.2 Å². The smallest absolute Gasteiger partial charge is 0.254 e. The molecule has 0 unspecified atom stereocenters. The van der Waals surface area contributed by atoms with E-state index in [1.54, 1.807) is 0 Å². The minimum atomic E-state index is -0.357. The molecule has 0 aliphatic rings. The SMILES string of the molecule is CNC(=O)CN(C)C(=O)c1ccc(N)c(O)c1. The van der Waals surface area contributed by atoms with Crippen LogP contribution >= 0.6 is 0 Å². The number of carbonyl (C=O) groups excluding carboxylic acids is 2. The van der Waals surface area contributed by atoms with Crippen LogP contribution in [-0.2, 0) is 4.79 Å². The van der Waals surface area contributed by atoms with Crippen molar-refractivity contribution in [2.75, 3.05) is 26.4 Å². The van der Waals surface area contributed by atoms with Crippen molar-refractivity contribution in [1.29, 1.82) is 0 Å². The third-order valence-corrected chi connectivity index (χ3v) is 2.28. The monoisotopic (exact) mass is 237 g/mol. The lowest BCUT2D eigenvalue weighted by atomic mass is 10.1. The van der Waals surface area contributed by atoms with E-state index in [4.69, 9.17) is 5.73 Å². The number of nitrogens with zero attached hydrogens (tertiary/aromatic N) is 1. The molecule has 0 spiro atoms. The van der Waals surface area contributed by atoms with Crippen molar-refractivity contribution in [2.45, 2.75) is 0 Å². The molecule has 92 valence electrons. The predicted molar refractivity (Wildman–Crippen MR) is 63.5 cm³/mol. The van der Waals surface area contributed by atoms with E-state index >= 15 is 0 Å². The molecule has 2 amide bonds. The average Bonchev–Trinajstić information content (AvgIpc) is 2.31. The van der Waals surface area contributed by atoms with Crippen LogP contribution in [0.1, 0.15) is 10.4 Å². The van der Waals surface area contributed by atoms with Gasteiger partial charge in [-0.1, -0.05) is 0 Å². The van der Waals surface area contributed by atoms with E-state index in [1.807, 2.05) is 0 Å². The number of rotatable bonds is 3. The number of nitrogens with one attached hydrogen (secondary N) is 1. The fourth-order valence-electron chi connectivity index (χ4n) is 1.26. The van der Waals surface area contributed by atoms with Gasteiger partial charge in [0, 0.05) is 19.7 Å². The lowest BCUT2D eigenvalue weighted by Gasteiger charge is -2.16. The summed E-state index contributed by atoms with van der Waals surface area (Å²) in [4.78, 5) is 24.2. The fraction of sp³-hybridized carbons (Fsp3) is 0.273. The Kier molecular flexibility index (Phi) is 3.92. The normalized spacial score (nSPS) is 9.76. The largest absolute Gasteiger partial charge is 0.506 e. The van der Waals surface area contributed by atoms with Gasteiger partial charge in [0.15, 0.2) is 0 Å². The average molecular weight is 237 g/mol. The summed E-state index contributed by atoms with van der Waals surface area (Å²) in [5, 5.41) is 11.8. The van der Waals surface area contributed by atoms with E-state index in [-0.39, 0.29) is 35.4 Å². The van der Waals surface area contributed by atoms with Gasteiger partial charge in [-0.15, -0.1) is 0 Å². The van der Waals surface area contributed by atoms with Gasteiger partial charge in [0.25, 0.3) is 5.91 Å². The van der Waals surface area contributed by atoms with Crippen molar-refractivity contribution in [3.8, 4) is 5.75 Å². The van der Waals surface area contributed by atoms with Gasteiger partial charge < -0.3 is 21.1 Å². The van der Waals surface area contributed by atoms with Crippen molar-refractivity contribution in [2.24, 2.45) is 0 Å². The zero-order valence-corrected chi connectivity index (χ0v) is 9.73. The summed E-state index contributed by atoms with van der Waals surface area (Å²) in [5.74, 6) is -0.770. The first-order valence-corrected chi connectivity index (χ1v) is 5.00. The van der Waals surface area contributed by atoms with Crippen LogP contribution in [0.5, 0.6) is 5.75 Å². The van der Waals surface area contributed by atoms with Gasteiger partial charge in [-0.25, -0.2) is 0 Å². The number of benzene rings is 1. The first-order chi connectivity index (χ1) is 7.95. The zero-order valence-electron chi connectivity index (χ0n) is 9.73. The molecule has 1 aromatic rings. The van der Waals surface area contributed by atoms with E-state index in [9.17, 15) is 14.7 Å². The highest BCUT2D eigenvalue weighted by Crippen LogP contribution is 2.21. The molecule has 0 bridgehead atoms. The number of nitrogens with two attached hydrogens (primary N) is 1. The van der Waals surface area contributed by atoms with Crippen molar-refractivity contribution in [3.63, 3.8) is 0 Å². The molecule has 0 aliphatic heterocycles. The van der Waals surface area contributed by atoms with Crippen molar-refractivity contribution in [1.82, 2.24) is 10.2 Å². The number of aromatic hydroxyl groups is 1. The van der Waals surface area contributed by atoms with E-state index < -0.39 is 0 Å². The summed E-state index contributed by atoms with van der Waals surface area (Å²) >= 11 is 0. The Balaban J connectivity index is 2.81. The number of hydrogen-bond donors (Lipinski definition) is 3. The van der Waals surface area contributed by atoms with Gasteiger partial charge in [-0.3, -0.25) is 9.59 Å². The molecular formula is C11H15N3O3. The number of phenols is 1. The predicted octanol–water partition coefficient (Wildman–Crippen LogP) is -0.208. The van der Waals surface area contributed by atoms with Crippen LogP contribution < -0.4 is 11.1 Å². The van der Waals surface area contributed by atoms with Crippen LogP contribution in [-0.4, -0.2) is 42.5 Å². The molecular weight excluding hydrogens is 222 g/mol. The van der Waals surface area contributed by atoms with E-state index in [2.05, 4.69) is 5.32 Å². The maximum atomic E-state index is 11.9. The van der Waals surface area contributed by atoms with Crippen LogP contribution in [0, 0.1) is 0 Å². The number of nitrogen functional groups attached to an aromatic ring is 1. The van der Waals surface area contributed by atoms with Gasteiger partial charge in [-0.2, -0.15) is 0 Å². The van der Waals surface area contributed by atoms with Crippen molar-refractivity contribution in [3.05, 3.63) is 23.8 Å². The Hall–Kier alpha value is -2.24. The van der Waals surface area contributed by atoms with Gasteiger partial charge in [0.1, 0.15) is 5.75 Å². The van der Waals surface area contributed by atoms with Crippen LogP contribution in [0.15, 0.2) is 18.2 Å². The molecule has 1 aromatic carbocycles. The number of phenolic OH excluding ortho intramolecular Hbond substituents is 1. The number of hydrogen-bond acceptors (Lipinski definition) is 4. The third-order valence-electron chi connectivity index (χ3n) is 2.28. The highest BCUT2D eigenvalue weighted by atomic mass is 16.3. The lowest BCUT2D eigenvalue weighted by molar-refractivity contribution is -0.121. The summed E-state index contributed by atoms with van der Waals surface area (Å²) in [6.07, 6.45) is 0. The maximum Gasteiger partial charge on any atom is 0.254 e. The Morgan fingerprint density at radius 1 is 1.47 bits per heavy atom. The summed E-state index contributed by atoms with van der Waals surface area (Å²) in [7, 11) is 3.00. The maximum absolute atomic E-state index is 11.9. The van der Waals surface area contributed by atoms with Crippen LogP contribution in [0.2, 0.25) is 0 Å². The first-order valence-electron chi connectivity index (χ1n) is 5.00. The molecule has 0 atom stereocenters. The summed E-state index contributed by atoms with van der Waals surface area (Å²) in [6.45, 7) is -0.0412. The summed E-state index contributed by atoms with van der Waals surface area (Å²) in [5.41, 5.74) is 5.91. The molecule has 0 saturated heterocycles. The molecule has 0 radical (unpaired) electrons. The van der Waals surface area contributed by atoms with Gasteiger partial charge in [0.2, 0.25) is 5.91 Å². The van der Waals surface area contributed by atoms with Gasteiger partial charge in [0.05, 0.1) is 12.2 Å². The van der Waals surface area contributed by atoms with E-state index in [0.29, 0.717) is 0 Å². The second kappa shape index (κ2) is 5.20. The number of likely N-dealkylation sites (N-methyl/N-ethyl adjacent to an activating group) is 2. The first kappa shape index (κ1) is 12.8. The van der Waals surface area contributed by atoms with Crippen LogP contribution in [0.3, 0.4) is 0 Å². The number of carbonyl (C=O) groups is 2. The molecule has 6 heteroatoms. The second-order valence-corrected chi connectivity index (χ2v) is 3.61. The standard InChI is InChI=1S/C11H15N3O3/c1-13-10(16)6-14(2)11(17)7-3-4-8(12)9(15)5-7/h3-5,15H,6,12H2,1-2H3,(H,13,16). The number of anilines is 1. The second-order valence-electron chi connectivity index (χ2n) is 3.61. The van der Waals surface area contributed by atoms with Crippen LogP contribution in [0.4, 0.5) is 5.69 Å². The zero-order chi connectivity index (χ0) is 13.0. The lowest BCUT2D eigenvalue weighted by Crippen LogP contribution is -2.36. The highest BCUT2D eigenvalue weighted by Gasteiger charge is 2.15. The fourth-order valence-corrected chi connectivity index (χ4v) is 1.26. The molecule has 1 rings (SSSR count). The summed E-state index contributed by atoms with van der Waals surface area (Å²) < 4.78 is 0. The molecule has 17 heavy (non-hydrogen) atoms. The quantitative estimate of drug-likeness (QED) is 0.501. The van der Waals surface area contributed by atoms with Crippen molar-refractivity contribution >= 4 is 17.5 Å². The Bertz CT molecular complexity index is 446. The van der Waals surface area contributed by atoms with Crippen molar-refractivity contribution < 1.29 is 14.7 Å². The van der Waals surface area contributed by atoms with E-state index in [1.165, 1.54) is 37.2 Å². The molecule has 0 saturated carbocycles. The summed E-state index contributed by atoms with van der Waals surface area (Å²) in [6, 6.07) is 4.21. The van der Waals surface area contributed by atoms with E-state index in [0.717, 1.165) is 0 Å². The molecule has 4 N–H and O–H groups in total. The minimum absolute atomic E-state index is 0.0412. The molecule has 0 fully saturated rings. The minimum Gasteiger partial charge on any atom is -0.506 e. The molecule has 0 aliphatic carbocycles. The topological polar surface area (TPSA) is 95.7 Å². The molecule has 0 aromatic heterocycles. The Morgan fingerprint density at radius 2 is 2.12 bits per heavy atom. The molecule has 0 heterocycles. The van der Waals surface area contributed by atoms with Gasteiger partial charge >= 0.3 is 0 Å². The Morgan fingerprint density at radius 3 is 2.65 bits per heavy atom. The Labute approximate surface area is 99.0 Å². The third kappa shape index (κ3) is 3.10. The highest BCUT2D eigenvalue weighted by molar-refractivity contribution is 5.97. The molecule has 6 nitrogen and oxygen atoms in total. The number of amides is 2. The van der Waals surface area contributed by atoms with Crippen LogP contribution in [0.25, 0.3) is 0 Å².